The molecule has 1 aromatic rings. The number of rotatable bonds is 7. The van der Waals surface area contributed by atoms with Crippen molar-refractivity contribution < 1.29 is 14.4 Å². The summed E-state index contributed by atoms with van der Waals surface area (Å²) in [5.74, 6) is 0.187. The van der Waals surface area contributed by atoms with Crippen molar-refractivity contribution >= 4 is 17.7 Å². The van der Waals surface area contributed by atoms with E-state index in [1.165, 1.54) is 0 Å². The van der Waals surface area contributed by atoms with Crippen LogP contribution in [0.4, 0.5) is 0 Å². The van der Waals surface area contributed by atoms with Gasteiger partial charge in [-0.25, -0.2) is 0 Å². The third kappa shape index (κ3) is 5.12. The molecule has 1 saturated carbocycles. The Morgan fingerprint density at radius 3 is 2.29 bits per heavy atom. The van der Waals surface area contributed by atoms with Gasteiger partial charge in [0, 0.05) is 30.6 Å². The maximum Gasteiger partial charge on any atom is 0.251 e. The van der Waals surface area contributed by atoms with Gasteiger partial charge in [0.1, 0.15) is 6.04 Å². The number of amides is 3. The average Bonchev–Trinajstić information content (AvgIpc) is 3.57. The van der Waals surface area contributed by atoms with Gasteiger partial charge in [-0.2, -0.15) is 0 Å². The van der Waals surface area contributed by atoms with Crippen molar-refractivity contribution in [2.75, 3.05) is 13.1 Å². The second kappa shape index (κ2) is 9.22. The number of carbonyl (C=O) groups excluding carboxylic acids is 3. The molecule has 0 aromatic heterocycles. The highest BCUT2D eigenvalue weighted by atomic mass is 16.2. The third-order valence-electron chi connectivity index (χ3n) is 5.90. The van der Waals surface area contributed by atoms with Crippen LogP contribution in [0.15, 0.2) is 30.3 Å². The number of hydrogen-bond acceptors (Lipinski definition) is 3. The van der Waals surface area contributed by atoms with Crippen molar-refractivity contribution in [2.24, 2.45) is 11.8 Å². The second-order valence-corrected chi connectivity index (χ2v) is 8.09. The zero-order valence-electron chi connectivity index (χ0n) is 16.8. The van der Waals surface area contributed by atoms with Crippen molar-refractivity contribution in [1.29, 1.82) is 0 Å². The van der Waals surface area contributed by atoms with E-state index in [0.29, 0.717) is 18.7 Å². The Bertz CT molecular complexity index is 694. The minimum Gasteiger partial charge on any atom is -0.351 e. The smallest absolute Gasteiger partial charge is 0.251 e. The molecule has 1 aromatic carbocycles. The van der Waals surface area contributed by atoms with E-state index >= 15 is 0 Å². The molecule has 2 aliphatic rings. The number of nitrogens with zero attached hydrogens (tertiary/aromatic N) is 1. The SMILES string of the molecule is CCC(C)C(NC(=O)c1ccccc1)C(=O)NC1CCN(C(=O)C2CC2)CC1. The lowest BCUT2D eigenvalue weighted by atomic mass is 9.96. The van der Waals surface area contributed by atoms with Crippen LogP contribution in [0.1, 0.15) is 56.3 Å². The van der Waals surface area contributed by atoms with Gasteiger partial charge in [0.05, 0.1) is 0 Å². The van der Waals surface area contributed by atoms with Crippen molar-refractivity contribution in [2.45, 2.75) is 58.0 Å². The molecular formula is C22H31N3O3. The number of piperidine rings is 1. The van der Waals surface area contributed by atoms with Gasteiger partial charge >= 0.3 is 0 Å². The number of carbonyl (C=O) groups is 3. The molecule has 1 aliphatic heterocycles. The van der Waals surface area contributed by atoms with Crippen LogP contribution < -0.4 is 10.6 Å². The standard InChI is InChI=1S/C22H31N3O3/c1-3-15(2)19(24-20(26)16-7-5-4-6-8-16)21(27)23-18-11-13-25(14-12-18)22(28)17-9-10-17/h4-8,15,17-19H,3,9-14H2,1-2H3,(H,23,27)(H,24,26). The van der Waals surface area contributed by atoms with E-state index in [0.717, 1.165) is 32.1 Å². The highest BCUT2D eigenvalue weighted by molar-refractivity contribution is 5.97. The summed E-state index contributed by atoms with van der Waals surface area (Å²) >= 11 is 0. The monoisotopic (exact) mass is 385 g/mol. The van der Waals surface area contributed by atoms with Gasteiger partial charge in [0.2, 0.25) is 11.8 Å². The van der Waals surface area contributed by atoms with Gasteiger partial charge in [-0.15, -0.1) is 0 Å². The lowest BCUT2D eigenvalue weighted by Gasteiger charge is -2.34. The Hall–Kier alpha value is -2.37. The molecule has 2 unspecified atom stereocenters. The fourth-order valence-electron chi connectivity index (χ4n) is 3.64. The minimum absolute atomic E-state index is 0.0317. The normalized spacial score (nSPS) is 19.6. The van der Waals surface area contributed by atoms with E-state index in [1.54, 1.807) is 12.1 Å². The molecular weight excluding hydrogens is 354 g/mol. The fourth-order valence-corrected chi connectivity index (χ4v) is 3.64. The molecule has 3 rings (SSSR count). The van der Waals surface area contributed by atoms with Crippen molar-refractivity contribution in [3.05, 3.63) is 35.9 Å². The fraction of sp³-hybridized carbons (Fsp3) is 0.591. The summed E-state index contributed by atoms with van der Waals surface area (Å²) in [7, 11) is 0. The first-order chi connectivity index (χ1) is 13.5. The molecule has 0 bridgehead atoms. The molecule has 1 saturated heterocycles. The predicted molar refractivity (Wildman–Crippen MR) is 108 cm³/mol. The third-order valence-corrected chi connectivity index (χ3v) is 5.90. The summed E-state index contributed by atoms with van der Waals surface area (Å²) in [4.78, 5) is 39.5. The van der Waals surface area contributed by atoms with Gasteiger partial charge in [0.15, 0.2) is 0 Å². The molecule has 2 atom stereocenters. The average molecular weight is 386 g/mol. The number of hydrogen-bond donors (Lipinski definition) is 2. The van der Waals surface area contributed by atoms with E-state index < -0.39 is 6.04 Å². The van der Waals surface area contributed by atoms with E-state index in [-0.39, 0.29) is 35.6 Å². The van der Waals surface area contributed by atoms with Crippen molar-refractivity contribution in [1.82, 2.24) is 15.5 Å². The first-order valence-electron chi connectivity index (χ1n) is 10.4. The minimum atomic E-state index is -0.566. The van der Waals surface area contributed by atoms with E-state index in [2.05, 4.69) is 10.6 Å². The Balaban J connectivity index is 1.54. The van der Waals surface area contributed by atoms with Crippen molar-refractivity contribution in [3.63, 3.8) is 0 Å². The Morgan fingerprint density at radius 2 is 1.71 bits per heavy atom. The lowest BCUT2D eigenvalue weighted by Crippen LogP contribution is -2.54. The summed E-state index contributed by atoms with van der Waals surface area (Å²) in [5, 5.41) is 6.01. The summed E-state index contributed by atoms with van der Waals surface area (Å²) in [6.45, 7) is 5.39. The summed E-state index contributed by atoms with van der Waals surface area (Å²) < 4.78 is 0. The molecule has 1 heterocycles. The summed E-state index contributed by atoms with van der Waals surface area (Å²) in [6.07, 6.45) is 4.37. The highest BCUT2D eigenvalue weighted by Crippen LogP contribution is 2.31. The largest absolute Gasteiger partial charge is 0.351 e. The second-order valence-electron chi connectivity index (χ2n) is 8.09. The van der Waals surface area contributed by atoms with E-state index in [4.69, 9.17) is 0 Å². The number of nitrogens with one attached hydrogen (secondary N) is 2. The quantitative estimate of drug-likeness (QED) is 0.756. The van der Waals surface area contributed by atoms with Crippen molar-refractivity contribution in [3.8, 4) is 0 Å². The first kappa shape index (κ1) is 20.4. The maximum absolute atomic E-state index is 12.9. The van der Waals surface area contributed by atoms with E-state index in [9.17, 15) is 14.4 Å². The van der Waals surface area contributed by atoms with Crippen LogP contribution in [0.5, 0.6) is 0 Å². The van der Waals surface area contributed by atoms with Crippen LogP contribution in [-0.2, 0) is 9.59 Å². The van der Waals surface area contributed by atoms with Crippen LogP contribution in [0.25, 0.3) is 0 Å². The zero-order chi connectivity index (χ0) is 20.1. The topological polar surface area (TPSA) is 78.5 Å². The Morgan fingerprint density at radius 1 is 1.07 bits per heavy atom. The van der Waals surface area contributed by atoms with Crippen LogP contribution in [0, 0.1) is 11.8 Å². The van der Waals surface area contributed by atoms with Crippen LogP contribution >= 0.6 is 0 Å². The number of likely N-dealkylation sites (tertiary alicyclic amines) is 1. The summed E-state index contributed by atoms with van der Waals surface area (Å²) in [6, 6.07) is 8.45. The maximum atomic E-state index is 12.9. The molecule has 152 valence electrons. The van der Waals surface area contributed by atoms with Gasteiger partial charge in [0.25, 0.3) is 5.91 Å². The molecule has 6 nitrogen and oxygen atoms in total. The van der Waals surface area contributed by atoms with Crippen LogP contribution in [0.3, 0.4) is 0 Å². The summed E-state index contributed by atoms with van der Waals surface area (Å²) in [5.41, 5.74) is 0.551. The number of benzene rings is 1. The highest BCUT2D eigenvalue weighted by Gasteiger charge is 2.35. The molecule has 6 heteroatoms. The molecule has 28 heavy (non-hydrogen) atoms. The van der Waals surface area contributed by atoms with Crippen LogP contribution in [0.2, 0.25) is 0 Å². The molecule has 0 spiro atoms. The Labute approximate surface area is 167 Å². The lowest BCUT2D eigenvalue weighted by molar-refractivity contribution is -0.133. The molecule has 2 fully saturated rings. The zero-order valence-corrected chi connectivity index (χ0v) is 16.8. The van der Waals surface area contributed by atoms with Gasteiger partial charge < -0.3 is 15.5 Å². The van der Waals surface area contributed by atoms with E-state index in [1.807, 2.05) is 36.9 Å². The molecule has 2 N–H and O–H groups in total. The van der Waals surface area contributed by atoms with Gasteiger partial charge in [-0.05, 0) is 43.7 Å². The van der Waals surface area contributed by atoms with Gasteiger partial charge in [-0.1, -0.05) is 38.5 Å². The molecule has 0 radical (unpaired) electrons. The molecule has 3 amide bonds. The molecule has 1 aliphatic carbocycles. The Kier molecular flexibility index (Phi) is 6.70. The van der Waals surface area contributed by atoms with Crippen LogP contribution in [-0.4, -0.2) is 47.8 Å². The first-order valence-corrected chi connectivity index (χ1v) is 10.4. The van der Waals surface area contributed by atoms with Gasteiger partial charge in [-0.3, -0.25) is 14.4 Å². The predicted octanol–water partition coefficient (Wildman–Crippen LogP) is 2.35.